The zero-order valence-corrected chi connectivity index (χ0v) is 20.4. The highest BCUT2D eigenvalue weighted by Crippen LogP contribution is 2.39. The molecule has 0 saturated carbocycles. The van der Waals surface area contributed by atoms with Crippen LogP contribution in [0, 0.1) is 11.7 Å². The molecule has 37 heavy (non-hydrogen) atoms. The number of hydrogen-bond donors (Lipinski definition) is 3. The number of carbonyl (C=O) groups is 1. The van der Waals surface area contributed by atoms with Gasteiger partial charge in [-0.3, -0.25) is 9.69 Å². The zero-order chi connectivity index (χ0) is 26.4. The Kier molecular flexibility index (Phi) is 8.49. The monoisotopic (exact) mass is 522 g/mol. The standard InChI is InChI=1S/C25H30F4N6O2/c1-17-5-4-12-34(15-17)24-35(21(16-37-24)25(27,28)29)18-8-9-22(32-13-18)31-11-10-30-14-23(36)33-20-7-3-2-6-19(20)26/h2-3,6-9,13,16-17,24,30H,4-5,10-12,14-15H2,1H3,(H,31,32)(H,33,36). The fraction of sp³-hybridized carbons (Fsp3) is 0.440. The van der Waals surface area contributed by atoms with Gasteiger partial charge in [-0.2, -0.15) is 13.2 Å². The first-order valence-electron chi connectivity index (χ1n) is 12.1. The summed E-state index contributed by atoms with van der Waals surface area (Å²) in [5.41, 5.74) is -0.477. The predicted octanol–water partition coefficient (Wildman–Crippen LogP) is 4.12. The van der Waals surface area contributed by atoms with Crippen molar-refractivity contribution in [3.8, 4) is 0 Å². The van der Waals surface area contributed by atoms with Gasteiger partial charge in [-0.1, -0.05) is 19.1 Å². The Morgan fingerprint density at radius 3 is 2.70 bits per heavy atom. The van der Waals surface area contributed by atoms with Crippen molar-refractivity contribution < 1.29 is 27.1 Å². The van der Waals surface area contributed by atoms with Gasteiger partial charge >= 0.3 is 6.18 Å². The minimum atomic E-state index is -4.57. The molecular weight excluding hydrogens is 492 g/mol. The molecular formula is C25H30F4N6O2. The maximum absolute atomic E-state index is 13.7. The van der Waals surface area contributed by atoms with Crippen molar-refractivity contribution in [2.24, 2.45) is 5.92 Å². The van der Waals surface area contributed by atoms with Crippen molar-refractivity contribution in [1.82, 2.24) is 15.2 Å². The summed E-state index contributed by atoms with van der Waals surface area (Å²) in [6, 6.07) is 9.06. The Labute approximate surface area is 212 Å². The predicted molar refractivity (Wildman–Crippen MR) is 132 cm³/mol. The number of aromatic nitrogens is 1. The second-order valence-electron chi connectivity index (χ2n) is 9.11. The first-order chi connectivity index (χ1) is 17.7. The van der Waals surface area contributed by atoms with E-state index in [-0.39, 0.29) is 23.8 Å². The van der Waals surface area contributed by atoms with Crippen LogP contribution in [-0.4, -0.2) is 61.0 Å². The van der Waals surface area contributed by atoms with Gasteiger partial charge in [0, 0.05) is 26.2 Å². The number of carbonyl (C=O) groups excluding carboxylic acids is 1. The van der Waals surface area contributed by atoms with Crippen molar-refractivity contribution in [3.63, 3.8) is 0 Å². The summed E-state index contributed by atoms with van der Waals surface area (Å²) in [5, 5.41) is 8.47. The van der Waals surface area contributed by atoms with E-state index in [1.165, 1.54) is 24.4 Å². The number of hydrogen-bond acceptors (Lipinski definition) is 7. The Hall–Kier alpha value is -3.38. The molecule has 3 heterocycles. The molecule has 1 aromatic heterocycles. The van der Waals surface area contributed by atoms with E-state index in [0.29, 0.717) is 37.9 Å². The number of allylic oxidation sites excluding steroid dienone is 1. The largest absolute Gasteiger partial charge is 0.462 e. The summed E-state index contributed by atoms with van der Waals surface area (Å²) in [7, 11) is 0. The summed E-state index contributed by atoms with van der Waals surface area (Å²) < 4.78 is 60.3. The molecule has 12 heteroatoms. The molecule has 1 fully saturated rings. The second-order valence-corrected chi connectivity index (χ2v) is 9.11. The third kappa shape index (κ3) is 6.89. The smallest absolute Gasteiger partial charge is 0.434 e. The topological polar surface area (TPSA) is 81.8 Å². The fourth-order valence-corrected chi connectivity index (χ4v) is 4.38. The van der Waals surface area contributed by atoms with Crippen LogP contribution in [0.15, 0.2) is 54.6 Å². The summed E-state index contributed by atoms with van der Waals surface area (Å²) in [6.45, 7) is 4.19. The number of pyridine rings is 1. The van der Waals surface area contributed by atoms with Gasteiger partial charge in [0.15, 0.2) is 5.70 Å². The lowest BCUT2D eigenvalue weighted by Crippen LogP contribution is -2.51. The van der Waals surface area contributed by atoms with Crippen LogP contribution in [-0.2, 0) is 9.53 Å². The number of rotatable bonds is 9. The van der Waals surface area contributed by atoms with E-state index in [1.807, 2.05) is 4.90 Å². The van der Waals surface area contributed by atoms with E-state index in [4.69, 9.17) is 4.74 Å². The molecule has 1 saturated heterocycles. The number of likely N-dealkylation sites (tertiary alicyclic amines) is 1. The SMILES string of the molecule is CC1CCCN(C2OC=C(C(F)(F)F)N2c2ccc(NCCNCC(=O)Nc3ccccc3F)nc2)C1. The molecule has 0 spiro atoms. The van der Waals surface area contributed by atoms with Gasteiger partial charge in [0.05, 0.1) is 24.1 Å². The van der Waals surface area contributed by atoms with Crippen LogP contribution in [0.1, 0.15) is 19.8 Å². The van der Waals surface area contributed by atoms with E-state index in [2.05, 4.69) is 27.9 Å². The van der Waals surface area contributed by atoms with Crippen molar-refractivity contribution in [2.75, 3.05) is 48.3 Å². The van der Waals surface area contributed by atoms with Gasteiger partial charge in [0.2, 0.25) is 12.3 Å². The van der Waals surface area contributed by atoms with Gasteiger partial charge in [-0.25, -0.2) is 14.3 Å². The molecule has 3 N–H and O–H groups in total. The second kappa shape index (κ2) is 11.8. The number of ether oxygens (including phenoxy) is 1. The number of amides is 1. The van der Waals surface area contributed by atoms with E-state index >= 15 is 0 Å². The van der Waals surface area contributed by atoms with Crippen LogP contribution < -0.4 is 20.9 Å². The maximum Gasteiger partial charge on any atom is 0.434 e. The Morgan fingerprint density at radius 2 is 2.00 bits per heavy atom. The average molecular weight is 523 g/mol. The van der Waals surface area contributed by atoms with E-state index in [1.54, 1.807) is 18.2 Å². The van der Waals surface area contributed by atoms with Crippen LogP contribution >= 0.6 is 0 Å². The molecule has 8 nitrogen and oxygen atoms in total. The Balaban J connectivity index is 1.29. The number of nitrogens with zero attached hydrogens (tertiary/aromatic N) is 3. The van der Waals surface area contributed by atoms with E-state index in [0.717, 1.165) is 24.0 Å². The highest BCUT2D eigenvalue weighted by molar-refractivity contribution is 5.92. The van der Waals surface area contributed by atoms with E-state index in [9.17, 15) is 22.4 Å². The number of halogens is 4. The maximum atomic E-state index is 13.7. The van der Waals surface area contributed by atoms with Crippen molar-refractivity contribution in [1.29, 1.82) is 0 Å². The van der Waals surface area contributed by atoms with E-state index < -0.39 is 24.0 Å². The minimum absolute atomic E-state index is 0.0135. The Morgan fingerprint density at radius 1 is 1.19 bits per heavy atom. The first-order valence-corrected chi connectivity index (χ1v) is 12.1. The lowest BCUT2D eigenvalue weighted by molar-refractivity contribution is -0.115. The van der Waals surface area contributed by atoms with Crippen LogP contribution in [0.2, 0.25) is 0 Å². The third-order valence-electron chi connectivity index (χ3n) is 6.14. The molecule has 2 aliphatic rings. The quantitative estimate of drug-likeness (QED) is 0.338. The molecule has 2 unspecified atom stereocenters. The van der Waals surface area contributed by atoms with Crippen molar-refractivity contribution in [3.05, 3.63) is 60.4 Å². The van der Waals surface area contributed by atoms with Gasteiger partial charge in [0.1, 0.15) is 17.9 Å². The van der Waals surface area contributed by atoms with Gasteiger partial charge < -0.3 is 20.7 Å². The molecule has 2 aliphatic heterocycles. The average Bonchev–Trinajstić information content (AvgIpc) is 3.32. The van der Waals surface area contributed by atoms with Crippen LogP contribution in [0.3, 0.4) is 0 Å². The summed E-state index contributed by atoms with van der Waals surface area (Å²) in [6.07, 6.45) is -1.35. The lowest BCUT2D eigenvalue weighted by atomic mass is 10.0. The number of alkyl halides is 3. The fourth-order valence-electron chi connectivity index (χ4n) is 4.38. The van der Waals surface area contributed by atoms with Crippen molar-refractivity contribution in [2.45, 2.75) is 32.3 Å². The number of anilines is 3. The summed E-state index contributed by atoms with van der Waals surface area (Å²) in [5.74, 6) is -0.0473. The van der Waals surface area contributed by atoms with Crippen LogP contribution in [0.5, 0.6) is 0 Å². The molecule has 2 aromatic rings. The molecule has 0 aliphatic carbocycles. The normalized spacial score (nSPS) is 20.4. The Bertz CT molecular complexity index is 1100. The molecule has 1 amide bonds. The number of nitrogens with one attached hydrogen (secondary N) is 3. The summed E-state index contributed by atoms with van der Waals surface area (Å²) >= 11 is 0. The minimum Gasteiger partial charge on any atom is -0.462 e. The highest BCUT2D eigenvalue weighted by atomic mass is 19.4. The number of para-hydroxylation sites is 1. The van der Waals surface area contributed by atoms with Gasteiger partial charge in [-0.15, -0.1) is 0 Å². The number of benzene rings is 1. The van der Waals surface area contributed by atoms with Crippen LogP contribution in [0.4, 0.5) is 34.8 Å². The molecule has 2 atom stereocenters. The zero-order valence-electron chi connectivity index (χ0n) is 20.4. The summed E-state index contributed by atoms with van der Waals surface area (Å²) in [4.78, 5) is 19.3. The molecule has 0 radical (unpaired) electrons. The number of piperidine rings is 1. The van der Waals surface area contributed by atoms with Gasteiger partial charge in [-0.05, 0) is 43.0 Å². The highest BCUT2D eigenvalue weighted by Gasteiger charge is 2.47. The van der Waals surface area contributed by atoms with Crippen molar-refractivity contribution >= 4 is 23.1 Å². The molecule has 200 valence electrons. The molecule has 0 bridgehead atoms. The lowest BCUT2D eigenvalue weighted by Gasteiger charge is -2.39. The first kappa shape index (κ1) is 26.7. The molecule has 1 aromatic carbocycles. The molecule has 4 rings (SSSR count). The van der Waals surface area contributed by atoms with Crippen LogP contribution in [0.25, 0.3) is 0 Å². The third-order valence-corrected chi connectivity index (χ3v) is 6.14. The van der Waals surface area contributed by atoms with Gasteiger partial charge in [0.25, 0.3) is 0 Å².